The Balaban J connectivity index is 1.30. The van der Waals surface area contributed by atoms with Crippen LogP contribution in [0.4, 0.5) is 0 Å². The van der Waals surface area contributed by atoms with Gasteiger partial charge in [-0.25, -0.2) is 4.79 Å². The first-order valence-electron chi connectivity index (χ1n) is 21.0. The maximum atomic E-state index is 13.8. The largest absolute Gasteiger partial charge is 0.495 e. The first-order chi connectivity index (χ1) is 27.8. The fourth-order valence-electron chi connectivity index (χ4n) is 7.67. The minimum absolute atomic E-state index is 0.0117. The third-order valence-corrected chi connectivity index (χ3v) is 11.5. The Kier molecular flexibility index (Phi) is 15.7. The standard InChI is InChI=1S/C46H65ClN4O8/c1-29(2)23-38-43(54)57-36(30(3)40-41(59-40)33-16-13-31(14-17-33)26-50-19-21-51(22-20-50)28-45(4,5)6)11-10-12-39(52)49-35(25-32-15-18-37(56-9)34(47)24-32)42(53)48-27-46(7,8)44(55)58-38/h10,12-18,24,29-30,35-36,38,40-41H,11,19-23,25-28H2,1-9H3,(H,48,53)(H,49,52)/b12-10+/t30-,35+,36-,38-,40+,41+/m0/s1. The molecule has 0 bridgehead atoms. The number of piperazine rings is 1. The van der Waals surface area contributed by atoms with Crippen LogP contribution >= 0.6 is 11.6 Å². The Hall–Kier alpha value is -3.97. The van der Waals surface area contributed by atoms with Crippen molar-refractivity contribution in [3.8, 4) is 5.75 Å². The fourth-order valence-corrected chi connectivity index (χ4v) is 7.95. The molecule has 13 heteroatoms. The lowest BCUT2D eigenvalue weighted by atomic mass is 9.92. The zero-order chi connectivity index (χ0) is 43.1. The van der Waals surface area contributed by atoms with Crippen molar-refractivity contribution < 1.29 is 38.1 Å². The van der Waals surface area contributed by atoms with Crippen molar-refractivity contribution in [3.63, 3.8) is 0 Å². The number of nitrogens with one attached hydrogen (secondary N) is 2. The fraction of sp³-hybridized carbons (Fsp3) is 0.609. The van der Waals surface area contributed by atoms with E-state index in [-0.39, 0.29) is 49.9 Å². The monoisotopic (exact) mass is 836 g/mol. The topological polar surface area (TPSA) is 139 Å². The second kappa shape index (κ2) is 20.1. The molecule has 2 fully saturated rings. The van der Waals surface area contributed by atoms with Crippen LogP contribution in [-0.2, 0) is 46.4 Å². The third-order valence-electron chi connectivity index (χ3n) is 11.2. The van der Waals surface area contributed by atoms with Gasteiger partial charge in [0.1, 0.15) is 24.0 Å². The number of amides is 2. The van der Waals surface area contributed by atoms with Crippen LogP contribution in [0.15, 0.2) is 54.6 Å². The van der Waals surface area contributed by atoms with E-state index in [1.807, 2.05) is 20.8 Å². The van der Waals surface area contributed by atoms with Crippen molar-refractivity contribution in [3.05, 3.63) is 76.3 Å². The predicted molar refractivity (Wildman–Crippen MR) is 228 cm³/mol. The van der Waals surface area contributed by atoms with E-state index in [0.717, 1.165) is 44.8 Å². The van der Waals surface area contributed by atoms with Crippen molar-refractivity contribution in [2.45, 2.75) is 112 Å². The molecule has 0 aromatic heterocycles. The van der Waals surface area contributed by atoms with Gasteiger partial charge in [0.05, 0.1) is 23.7 Å². The number of carbonyl (C=O) groups is 4. The van der Waals surface area contributed by atoms with E-state index in [4.69, 9.17) is 30.5 Å². The van der Waals surface area contributed by atoms with Gasteiger partial charge in [0.2, 0.25) is 11.8 Å². The van der Waals surface area contributed by atoms with Crippen molar-refractivity contribution >= 4 is 35.4 Å². The lowest BCUT2D eigenvalue weighted by molar-refractivity contribution is -0.179. The van der Waals surface area contributed by atoms with E-state index in [9.17, 15) is 19.2 Å². The van der Waals surface area contributed by atoms with Crippen LogP contribution in [0.5, 0.6) is 5.75 Å². The summed E-state index contributed by atoms with van der Waals surface area (Å²) in [5, 5.41) is 5.97. The molecule has 0 unspecified atom stereocenters. The molecule has 2 aromatic rings. The van der Waals surface area contributed by atoms with Gasteiger partial charge < -0.3 is 34.5 Å². The van der Waals surface area contributed by atoms with Crippen LogP contribution in [0.2, 0.25) is 5.02 Å². The number of hydrogen-bond acceptors (Lipinski definition) is 10. The van der Waals surface area contributed by atoms with Crippen LogP contribution in [-0.4, -0.2) is 104 Å². The molecule has 3 heterocycles. The van der Waals surface area contributed by atoms with Crippen molar-refractivity contribution in [1.29, 1.82) is 0 Å². The van der Waals surface area contributed by atoms with E-state index in [2.05, 4.69) is 65.5 Å². The van der Waals surface area contributed by atoms with Gasteiger partial charge in [0, 0.05) is 64.6 Å². The second-order valence-corrected chi connectivity index (χ2v) is 19.1. The molecule has 5 rings (SSSR count). The summed E-state index contributed by atoms with van der Waals surface area (Å²) in [5.41, 5.74) is 2.08. The Labute approximate surface area is 355 Å². The van der Waals surface area contributed by atoms with E-state index in [0.29, 0.717) is 21.8 Å². The molecule has 3 aliphatic heterocycles. The molecule has 59 heavy (non-hydrogen) atoms. The molecule has 2 saturated heterocycles. The normalized spacial score (nSPS) is 26.3. The molecule has 0 aliphatic carbocycles. The van der Waals surface area contributed by atoms with Gasteiger partial charge in [0.25, 0.3) is 0 Å². The number of ether oxygens (including phenoxy) is 4. The minimum atomic E-state index is -1.21. The number of esters is 2. The molecule has 12 nitrogen and oxygen atoms in total. The molecular weight excluding hydrogens is 772 g/mol. The number of benzene rings is 2. The lowest BCUT2D eigenvalue weighted by Gasteiger charge is -2.37. The average molecular weight is 837 g/mol. The highest BCUT2D eigenvalue weighted by Crippen LogP contribution is 2.45. The summed E-state index contributed by atoms with van der Waals surface area (Å²) in [6.07, 6.45) is 1.27. The maximum absolute atomic E-state index is 13.8. The summed E-state index contributed by atoms with van der Waals surface area (Å²) in [7, 11) is 1.51. The van der Waals surface area contributed by atoms with Gasteiger partial charge in [-0.3, -0.25) is 19.3 Å². The van der Waals surface area contributed by atoms with Gasteiger partial charge in [-0.1, -0.05) is 89.6 Å². The third kappa shape index (κ3) is 13.5. The van der Waals surface area contributed by atoms with Crippen molar-refractivity contribution in [1.82, 2.24) is 20.4 Å². The van der Waals surface area contributed by atoms with E-state index in [1.54, 1.807) is 38.1 Å². The molecule has 0 spiro atoms. The average Bonchev–Trinajstić information content (AvgIpc) is 3.97. The Morgan fingerprint density at radius 3 is 2.22 bits per heavy atom. The number of hydrogen-bond donors (Lipinski definition) is 2. The van der Waals surface area contributed by atoms with Gasteiger partial charge in [-0.15, -0.1) is 0 Å². The second-order valence-electron chi connectivity index (χ2n) is 18.7. The van der Waals surface area contributed by atoms with Crippen LogP contribution in [0.25, 0.3) is 0 Å². The highest BCUT2D eigenvalue weighted by Gasteiger charge is 2.48. The van der Waals surface area contributed by atoms with Crippen LogP contribution in [0.3, 0.4) is 0 Å². The number of rotatable bonds is 11. The number of carbonyl (C=O) groups excluding carboxylic acids is 4. The van der Waals surface area contributed by atoms with Crippen molar-refractivity contribution in [2.24, 2.45) is 22.7 Å². The number of cyclic esters (lactones) is 2. The van der Waals surface area contributed by atoms with Gasteiger partial charge >= 0.3 is 11.9 Å². The molecular formula is C46H65ClN4O8. The molecule has 3 aliphatic rings. The zero-order valence-corrected chi connectivity index (χ0v) is 37.1. The Morgan fingerprint density at radius 2 is 1.59 bits per heavy atom. The lowest BCUT2D eigenvalue weighted by Crippen LogP contribution is -2.51. The molecule has 2 amide bonds. The summed E-state index contributed by atoms with van der Waals surface area (Å²) in [6, 6.07) is 12.7. The van der Waals surface area contributed by atoms with Crippen LogP contribution in [0, 0.1) is 22.7 Å². The first-order valence-corrected chi connectivity index (χ1v) is 21.4. The summed E-state index contributed by atoms with van der Waals surface area (Å²) >= 11 is 6.37. The Morgan fingerprint density at radius 1 is 0.932 bits per heavy atom. The number of epoxide rings is 1. The van der Waals surface area contributed by atoms with E-state index >= 15 is 0 Å². The highest BCUT2D eigenvalue weighted by molar-refractivity contribution is 6.32. The van der Waals surface area contributed by atoms with Crippen LogP contribution < -0.4 is 15.4 Å². The van der Waals surface area contributed by atoms with Gasteiger partial charge in [-0.05, 0) is 66.5 Å². The molecule has 6 atom stereocenters. The summed E-state index contributed by atoms with van der Waals surface area (Å²) in [5.74, 6) is -2.08. The smallest absolute Gasteiger partial charge is 0.347 e. The summed E-state index contributed by atoms with van der Waals surface area (Å²) in [6.45, 7) is 22.1. The molecule has 2 aromatic carbocycles. The number of nitrogens with zero attached hydrogens (tertiary/aromatic N) is 2. The van der Waals surface area contributed by atoms with Crippen molar-refractivity contribution in [2.75, 3.05) is 46.4 Å². The number of halogens is 1. The van der Waals surface area contributed by atoms with E-state index in [1.165, 1.54) is 18.7 Å². The van der Waals surface area contributed by atoms with Gasteiger partial charge in [0.15, 0.2) is 6.10 Å². The molecule has 2 N–H and O–H groups in total. The summed E-state index contributed by atoms with van der Waals surface area (Å²) in [4.78, 5) is 59.5. The predicted octanol–water partition coefficient (Wildman–Crippen LogP) is 6.29. The molecule has 0 saturated carbocycles. The SMILES string of the molecule is COc1ccc(C[C@H]2NC(=O)/C=C/C[C@@H]([C@H](C)[C@H]3O[C@@H]3c3ccc(CN4CCN(CC(C)(C)C)CC4)cc3)OC(=O)[C@H](CC(C)C)OC(=O)C(C)(C)CNC2=O)cc1Cl. The first kappa shape index (κ1) is 46.1. The van der Waals surface area contributed by atoms with E-state index < -0.39 is 47.4 Å². The highest BCUT2D eigenvalue weighted by atomic mass is 35.5. The molecule has 324 valence electrons. The maximum Gasteiger partial charge on any atom is 0.347 e. The molecule has 0 radical (unpaired) electrons. The minimum Gasteiger partial charge on any atom is -0.495 e. The Bertz CT molecular complexity index is 1800. The quantitative estimate of drug-likeness (QED) is 0.196. The number of methoxy groups -OCH3 is 1. The zero-order valence-electron chi connectivity index (χ0n) is 36.3. The van der Waals surface area contributed by atoms with Crippen LogP contribution in [0.1, 0.15) is 91.0 Å². The summed E-state index contributed by atoms with van der Waals surface area (Å²) < 4.78 is 23.5. The van der Waals surface area contributed by atoms with Gasteiger partial charge in [-0.2, -0.15) is 0 Å².